The van der Waals surface area contributed by atoms with E-state index in [1.54, 1.807) is 9.13 Å². The van der Waals surface area contributed by atoms with E-state index in [1.165, 1.54) is 0 Å². The Hall–Kier alpha value is -1.27. The molecule has 0 aliphatic heterocycles. The van der Waals surface area contributed by atoms with Crippen molar-refractivity contribution in [2.24, 2.45) is 0 Å². The molecule has 9 heteroatoms. The summed E-state index contributed by atoms with van der Waals surface area (Å²) in [6, 6.07) is 10.1. The van der Waals surface area contributed by atoms with Gasteiger partial charge in [-0.2, -0.15) is 0 Å². The van der Waals surface area contributed by atoms with Gasteiger partial charge in [0, 0.05) is 39.2 Å². The second-order valence-electron chi connectivity index (χ2n) is 10.5. The summed E-state index contributed by atoms with van der Waals surface area (Å²) in [7, 11) is -2.38. The highest BCUT2D eigenvalue weighted by Gasteiger charge is 2.18. The molecular weight excluding hydrogens is 490 g/mol. The van der Waals surface area contributed by atoms with Crippen molar-refractivity contribution in [2.75, 3.05) is 13.2 Å². The van der Waals surface area contributed by atoms with Gasteiger partial charge in [0.15, 0.2) is 5.65 Å². The molecule has 0 radical (unpaired) electrons. The van der Waals surface area contributed by atoms with Crippen LogP contribution in [0.5, 0.6) is 0 Å². The largest absolute Gasteiger partial charge is 0.361 e. The lowest BCUT2D eigenvalue weighted by Gasteiger charge is -2.15. The summed E-state index contributed by atoms with van der Waals surface area (Å²) in [6.07, 6.45) is 0. The van der Waals surface area contributed by atoms with Gasteiger partial charge in [-0.15, -0.1) is 0 Å². The number of ether oxygens (including phenoxy) is 2. The highest BCUT2D eigenvalue weighted by atomic mass is 79.9. The number of benzene rings is 1. The summed E-state index contributed by atoms with van der Waals surface area (Å²) < 4.78 is 16.1. The Morgan fingerprint density at radius 2 is 1.48 bits per heavy atom. The Balaban J connectivity index is 1.92. The number of fused-ring (bicyclic) bond motifs is 2. The van der Waals surface area contributed by atoms with Crippen LogP contribution < -0.4 is 5.69 Å². The van der Waals surface area contributed by atoms with Crippen LogP contribution in [0, 0.1) is 0 Å². The summed E-state index contributed by atoms with van der Waals surface area (Å²) in [5.41, 5.74) is 2.13. The third kappa shape index (κ3) is 6.61. The maximum absolute atomic E-state index is 13.3. The van der Waals surface area contributed by atoms with Crippen LogP contribution >= 0.6 is 15.9 Å². The Kier molecular flexibility index (Phi) is 7.63. The molecule has 3 aromatic rings. The first-order valence-electron chi connectivity index (χ1n) is 10.8. The Morgan fingerprint density at radius 1 is 0.903 bits per heavy atom. The molecule has 0 bridgehead atoms. The number of pyridine rings is 1. The van der Waals surface area contributed by atoms with Crippen molar-refractivity contribution < 1.29 is 9.47 Å². The first-order valence-corrected chi connectivity index (χ1v) is 19.0. The van der Waals surface area contributed by atoms with Crippen LogP contribution in [0.25, 0.3) is 22.1 Å². The highest BCUT2D eigenvalue weighted by Crippen LogP contribution is 2.23. The monoisotopic (exact) mass is 523 g/mol. The van der Waals surface area contributed by atoms with Crippen molar-refractivity contribution in [3.05, 3.63) is 39.2 Å². The number of aromatic nitrogens is 3. The molecule has 0 amide bonds. The van der Waals surface area contributed by atoms with E-state index in [1.807, 2.05) is 24.3 Å². The Bertz CT molecular complexity index is 1110. The SMILES string of the molecule is C[Si](C)(C)CCOCn1c(=O)n(COCC[Si](C)(C)C)c2nc3ccc(Br)cc3cc21. The van der Waals surface area contributed by atoms with Crippen molar-refractivity contribution >= 4 is 54.1 Å². The lowest BCUT2D eigenvalue weighted by atomic mass is 10.2. The number of hydrogen-bond acceptors (Lipinski definition) is 4. The topological polar surface area (TPSA) is 58.3 Å². The van der Waals surface area contributed by atoms with Crippen LogP contribution in [0.4, 0.5) is 0 Å². The van der Waals surface area contributed by atoms with Crippen LogP contribution in [0.2, 0.25) is 51.4 Å². The summed E-state index contributed by atoms with van der Waals surface area (Å²) in [5, 5.41) is 0.981. The average molecular weight is 525 g/mol. The van der Waals surface area contributed by atoms with Gasteiger partial charge in [-0.3, -0.25) is 9.13 Å². The molecule has 31 heavy (non-hydrogen) atoms. The lowest BCUT2D eigenvalue weighted by Crippen LogP contribution is -2.28. The fraction of sp³-hybridized carbons (Fsp3) is 0.545. The van der Waals surface area contributed by atoms with E-state index < -0.39 is 16.1 Å². The molecule has 0 unspecified atom stereocenters. The molecule has 6 nitrogen and oxygen atoms in total. The molecule has 0 saturated carbocycles. The Morgan fingerprint density at radius 3 is 2.06 bits per heavy atom. The molecule has 0 N–H and O–H groups in total. The van der Waals surface area contributed by atoms with Crippen LogP contribution in [-0.2, 0) is 22.9 Å². The summed E-state index contributed by atoms with van der Waals surface area (Å²) in [5.74, 6) is 0. The van der Waals surface area contributed by atoms with E-state index in [4.69, 9.17) is 14.5 Å². The molecule has 0 aliphatic rings. The van der Waals surface area contributed by atoms with Crippen molar-refractivity contribution in [3.63, 3.8) is 0 Å². The summed E-state index contributed by atoms with van der Waals surface area (Å²) >= 11 is 3.52. The minimum absolute atomic E-state index is 0.141. The summed E-state index contributed by atoms with van der Waals surface area (Å²) in [6.45, 7) is 15.7. The van der Waals surface area contributed by atoms with Gasteiger partial charge in [0.1, 0.15) is 13.5 Å². The van der Waals surface area contributed by atoms with Gasteiger partial charge in [0.2, 0.25) is 0 Å². The molecule has 0 atom stereocenters. The van der Waals surface area contributed by atoms with Crippen LogP contribution in [-0.4, -0.2) is 43.5 Å². The molecule has 2 heterocycles. The summed E-state index contributed by atoms with van der Waals surface area (Å²) in [4.78, 5) is 18.0. The number of halogens is 1. The van der Waals surface area contributed by atoms with E-state index in [0.717, 1.165) is 33.0 Å². The number of rotatable bonds is 10. The molecule has 1 aromatic carbocycles. The first kappa shape index (κ1) is 24.4. The zero-order valence-corrected chi connectivity index (χ0v) is 23.1. The molecule has 0 aliphatic carbocycles. The molecular formula is C22H34BrN3O3Si2. The molecule has 0 fully saturated rings. The van der Waals surface area contributed by atoms with Gasteiger partial charge in [-0.25, -0.2) is 9.78 Å². The second-order valence-corrected chi connectivity index (χ2v) is 22.7. The molecule has 170 valence electrons. The van der Waals surface area contributed by atoms with E-state index in [-0.39, 0.29) is 19.2 Å². The highest BCUT2D eigenvalue weighted by molar-refractivity contribution is 9.10. The van der Waals surface area contributed by atoms with Gasteiger partial charge in [0.05, 0.1) is 11.0 Å². The van der Waals surface area contributed by atoms with Gasteiger partial charge in [-0.05, 0) is 36.4 Å². The van der Waals surface area contributed by atoms with E-state index >= 15 is 0 Å². The zero-order chi connectivity index (χ0) is 22.8. The third-order valence-electron chi connectivity index (χ3n) is 5.18. The van der Waals surface area contributed by atoms with E-state index in [9.17, 15) is 4.79 Å². The molecule has 0 saturated heterocycles. The Labute approximate surface area is 194 Å². The molecule has 0 spiro atoms. The smallest absolute Gasteiger partial charge is 0.334 e. The number of imidazole rings is 1. The molecule has 2 aromatic heterocycles. The van der Waals surface area contributed by atoms with E-state index in [0.29, 0.717) is 18.9 Å². The fourth-order valence-electron chi connectivity index (χ4n) is 3.17. The predicted octanol–water partition coefficient (Wildman–Crippen LogP) is 5.74. The maximum Gasteiger partial charge on any atom is 0.334 e. The molecule has 3 rings (SSSR count). The fourth-order valence-corrected chi connectivity index (χ4v) is 5.06. The van der Waals surface area contributed by atoms with E-state index in [2.05, 4.69) is 55.2 Å². The maximum atomic E-state index is 13.3. The van der Waals surface area contributed by atoms with Crippen LogP contribution in [0.3, 0.4) is 0 Å². The van der Waals surface area contributed by atoms with Gasteiger partial charge in [-0.1, -0.05) is 55.2 Å². The van der Waals surface area contributed by atoms with Gasteiger partial charge in [0.25, 0.3) is 0 Å². The van der Waals surface area contributed by atoms with Crippen molar-refractivity contribution in [1.82, 2.24) is 14.1 Å². The minimum Gasteiger partial charge on any atom is -0.361 e. The number of nitrogens with zero attached hydrogens (tertiary/aromatic N) is 3. The third-order valence-corrected chi connectivity index (χ3v) is 9.08. The van der Waals surface area contributed by atoms with Crippen molar-refractivity contribution in [3.8, 4) is 0 Å². The van der Waals surface area contributed by atoms with Crippen LogP contribution in [0.15, 0.2) is 33.5 Å². The van der Waals surface area contributed by atoms with Crippen molar-refractivity contribution in [2.45, 2.75) is 64.8 Å². The standard InChI is InChI=1S/C22H34BrN3O3Si2/c1-30(2,3)11-9-28-15-25-20-14-17-13-18(23)7-8-19(17)24-21(20)26(22(25)27)16-29-10-12-31(4,5)6/h7-8,13-14H,9-12,15-16H2,1-6H3. The average Bonchev–Trinajstić information content (AvgIpc) is 2.89. The van der Waals surface area contributed by atoms with Gasteiger partial charge < -0.3 is 9.47 Å². The predicted molar refractivity (Wildman–Crippen MR) is 137 cm³/mol. The normalized spacial score (nSPS) is 12.9. The van der Waals surface area contributed by atoms with Crippen molar-refractivity contribution in [1.29, 1.82) is 0 Å². The lowest BCUT2D eigenvalue weighted by molar-refractivity contribution is 0.0753. The first-order chi connectivity index (χ1) is 14.4. The van der Waals surface area contributed by atoms with Gasteiger partial charge >= 0.3 is 5.69 Å². The minimum atomic E-state index is -1.19. The van der Waals surface area contributed by atoms with Crippen LogP contribution in [0.1, 0.15) is 0 Å². The zero-order valence-electron chi connectivity index (χ0n) is 19.5. The second kappa shape index (κ2) is 9.70. The number of hydrogen-bond donors (Lipinski definition) is 0. The quantitative estimate of drug-likeness (QED) is 0.251.